The van der Waals surface area contributed by atoms with Gasteiger partial charge in [0.15, 0.2) is 0 Å². The van der Waals surface area contributed by atoms with Gasteiger partial charge < -0.3 is 10.0 Å². The van der Waals surface area contributed by atoms with Crippen molar-refractivity contribution in [1.82, 2.24) is 5.32 Å². The van der Waals surface area contributed by atoms with Crippen LogP contribution in [-0.2, 0) is 9.59 Å². The second-order valence-corrected chi connectivity index (χ2v) is 4.19. The van der Waals surface area contributed by atoms with Crippen LogP contribution < -0.4 is 10.2 Å². The van der Waals surface area contributed by atoms with Crippen LogP contribution in [0.1, 0.15) is 17.3 Å². The molecule has 0 spiro atoms. The van der Waals surface area contributed by atoms with Gasteiger partial charge in [-0.1, -0.05) is 0 Å². The fraction of sp³-hybridized carbons (Fsp3) is 0.250. The molecule has 0 bridgehead atoms. The number of benzene rings is 1. The second-order valence-electron chi connectivity index (χ2n) is 4.19. The number of hydrogen-bond acceptors (Lipinski definition) is 4. The van der Waals surface area contributed by atoms with E-state index in [1.807, 2.05) is 0 Å². The molecule has 2 rings (SSSR count). The van der Waals surface area contributed by atoms with E-state index in [-0.39, 0.29) is 17.8 Å². The van der Waals surface area contributed by atoms with Gasteiger partial charge in [0, 0.05) is 0 Å². The van der Waals surface area contributed by atoms with E-state index in [0.717, 1.165) is 6.07 Å². The Labute approximate surface area is 107 Å². The Bertz CT molecular complexity index is 573. The molecule has 1 aromatic rings. The summed E-state index contributed by atoms with van der Waals surface area (Å²) in [4.78, 5) is 34.8. The number of piperazine rings is 1. The summed E-state index contributed by atoms with van der Waals surface area (Å²) >= 11 is 0. The van der Waals surface area contributed by atoms with Gasteiger partial charge in [-0.05, 0) is 25.1 Å². The maximum atomic E-state index is 13.9. The van der Waals surface area contributed by atoms with Crippen molar-refractivity contribution in [1.29, 1.82) is 0 Å². The van der Waals surface area contributed by atoms with E-state index in [9.17, 15) is 18.8 Å². The molecule has 0 aliphatic carbocycles. The third kappa shape index (κ3) is 2.40. The topological polar surface area (TPSA) is 86.7 Å². The lowest BCUT2D eigenvalue weighted by Crippen LogP contribution is -2.57. The molecule has 100 valence electrons. The Morgan fingerprint density at radius 1 is 1.47 bits per heavy atom. The molecule has 1 heterocycles. The summed E-state index contributed by atoms with van der Waals surface area (Å²) in [6.45, 7) is 1.38. The van der Waals surface area contributed by atoms with Crippen LogP contribution in [0.3, 0.4) is 0 Å². The number of nitrogens with one attached hydrogen (secondary N) is 1. The van der Waals surface area contributed by atoms with E-state index in [4.69, 9.17) is 5.11 Å². The second kappa shape index (κ2) is 4.68. The molecule has 19 heavy (non-hydrogen) atoms. The summed E-state index contributed by atoms with van der Waals surface area (Å²) in [6, 6.07) is 2.63. The van der Waals surface area contributed by atoms with Crippen LogP contribution in [0, 0.1) is 5.82 Å². The molecule has 1 aliphatic rings. The van der Waals surface area contributed by atoms with Crippen molar-refractivity contribution in [2.24, 2.45) is 0 Å². The Morgan fingerprint density at radius 3 is 2.74 bits per heavy atom. The lowest BCUT2D eigenvalue weighted by atomic mass is 10.1. The predicted molar refractivity (Wildman–Crippen MR) is 63.3 cm³/mol. The number of amides is 2. The minimum Gasteiger partial charge on any atom is -0.478 e. The van der Waals surface area contributed by atoms with Gasteiger partial charge in [0.2, 0.25) is 11.8 Å². The molecule has 2 amide bonds. The molecule has 7 heteroatoms. The van der Waals surface area contributed by atoms with Gasteiger partial charge in [-0.25, -0.2) is 9.18 Å². The first-order chi connectivity index (χ1) is 8.90. The van der Waals surface area contributed by atoms with Crippen LogP contribution in [-0.4, -0.2) is 35.5 Å². The summed E-state index contributed by atoms with van der Waals surface area (Å²) in [5, 5.41) is 10.9. The van der Waals surface area contributed by atoms with Gasteiger partial charge in [-0.15, -0.1) is 0 Å². The number of carbonyl (C=O) groups excluding carboxylic acids is 2. The normalized spacial score (nSPS) is 19.3. The molecule has 1 saturated heterocycles. The Balaban J connectivity index is 2.38. The minimum atomic E-state index is -1.24. The third-order valence-corrected chi connectivity index (χ3v) is 2.93. The SMILES string of the molecule is CC1C(=O)NC(=O)CN1c1ccc(C(=O)O)cc1F. The summed E-state index contributed by atoms with van der Waals surface area (Å²) in [6.07, 6.45) is 0. The molecule has 1 aliphatic heterocycles. The molecule has 1 atom stereocenters. The predicted octanol–water partition coefficient (Wildman–Crippen LogP) is 0.375. The van der Waals surface area contributed by atoms with Crippen LogP contribution >= 0.6 is 0 Å². The molecule has 0 saturated carbocycles. The van der Waals surface area contributed by atoms with Crippen LogP contribution in [0.4, 0.5) is 10.1 Å². The average molecular weight is 266 g/mol. The molecular formula is C12H11FN2O4. The van der Waals surface area contributed by atoms with Crippen molar-refractivity contribution in [3.63, 3.8) is 0 Å². The number of imide groups is 1. The molecule has 2 N–H and O–H groups in total. The molecule has 6 nitrogen and oxygen atoms in total. The first kappa shape index (κ1) is 13.0. The van der Waals surface area contributed by atoms with E-state index in [1.165, 1.54) is 24.0 Å². The van der Waals surface area contributed by atoms with Gasteiger partial charge in [-0.2, -0.15) is 0 Å². The Morgan fingerprint density at radius 2 is 2.16 bits per heavy atom. The van der Waals surface area contributed by atoms with Gasteiger partial charge in [0.25, 0.3) is 0 Å². The highest BCUT2D eigenvalue weighted by atomic mass is 19.1. The van der Waals surface area contributed by atoms with Crippen molar-refractivity contribution >= 4 is 23.5 Å². The fourth-order valence-corrected chi connectivity index (χ4v) is 1.88. The largest absolute Gasteiger partial charge is 0.478 e. The van der Waals surface area contributed by atoms with Crippen LogP contribution in [0.15, 0.2) is 18.2 Å². The highest BCUT2D eigenvalue weighted by molar-refractivity contribution is 6.04. The maximum absolute atomic E-state index is 13.9. The van der Waals surface area contributed by atoms with Crippen LogP contribution in [0.25, 0.3) is 0 Å². The van der Waals surface area contributed by atoms with Gasteiger partial charge in [0.05, 0.1) is 17.8 Å². The van der Waals surface area contributed by atoms with Crippen LogP contribution in [0.2, 0.25) is 0 Å². The molecule has 1 fully saturated rings. The number of anilines is 1. The summed E-state index contributed by atoms with van der Waals surface area (Å²) in [7, 11) is 0. The lowest BCUT2D eigenvalue weighted by Gasteiger charge is -2.33. The number of carboxylic acid groups (broad SMARTS) is 1. The standard InChI is InChI=1S/C12H11FN2O4/c1-6-11(17)14-10(16)5-15(6)9-3-2-7(12(18)19)4-8(9)13/h2-4,6H,5H2,1H3,(H,18,19)(H,14,16,17). The summed E-state index contributed by atoms with van der Waals surface area (Å²) in [5.74, 6) is -3.07. The van der Waals surface area contributed by atoms with Crippen molar-refractivity contribution in [3.8, 4) is 0 Å². The first-order valence-electron chi connectivity index (χ1n) is 5.53. The summed E-state index contributed by atoms with van der Waals surface area (Å²) < 4.78 is 13.9. The van der Waals surface area contributed by atoms with Gasteiger partial charge in [0.1, 0.15) is 11.9 Å². The van der Waals surface area contributed by atoms with Crippen LogP contribution in [0.5, 0.6) is 0 Å². The van der Waals surface area contributed by atoms with E-state index >= 15 is 0 Å². The zero-order valence-electron chi connectivity index (χ0n) is 10.0. The number of halogens is 1. The van der Waals surface area contributed by atoms with Crippen molar-refractivity contribution in [2.45, 2.75) is 13.0 Å². The number of carbonyl (C=O) groups is 3. The maximum Gasteiger partial charge on any atom is 0.335 e. The zero-order valence-corrected chi connectivity index (χ0v) is 10.0. The first-order valence-corrected chi connectivity index (χ1v) is 5.53. The fourth-order valence-electron chi connectivity index (χ4n) is 1.88. The van der Waals surface area contributed by atoms with E-state index in [2.05, 4.69) is 5.32 Å². The third-order valence-electron chi connectivity index (χ3n) is 2.93. The monoisotopic (exact) mass is 266 g/mol. The number of carboxylic acids is 1. The van der Waals surface area contributed by atoms with Gasteiger partial charge in [-0.3, -0.25) is 14.9 Å². The van der Waals surface area contributed by atoms with E-state index in [1.54, 1.807) is 0 Å². The number of rotatable bonds is 2. The van der Waals surface area contributed by atoms with E-state index in [0.29, 0.717) is 0 Å². The minimum absolute atomic E-state index is 0.0284. The van der Waals surface area contributed by atoms with Crippen molar-refractivity contribution in [3.05, 3.63) is 29.6 Å². The molecule has 1 unspecified atom stereocenters. The number of hydrogen-bond donors (Lipinski definition) is 2. The summed E-state index contributed by atoms with van der Waals surface area (Å²) in [5.41, 5.74) is -0.164. The molecule has 1 aromatic carbocycles. The van der Waals surface area contributed by atoms with Gasteiger partial charge >= 0.3 is 5.97 Å². The molecule has 0 aromatic heterocycles. The Hall–Kier alpha value is -2.44. The lowest BCUT2D eigenvalue weighted by molar-refractivity contribution is -0.132. The smallest absolute Gasteiger partial charge is 0.335 e. The highest BCUT2D eigenvalue weighted by Crippen LogP contribution is 2.24. The van der Waals surface area contributed by atoms with E-state index < -0.39 is 29.6 Å². The Kier molecular flexibility index (Phi) is 3.20. The van der Waals surface area contributed by atoms with Crippen molar-refractivity contribution < 1.29 is 23.9 Å². The number of aromatic carboxylic acids is 1. The number of nitrogens with zero attached hydrogens (tertiary/aromatic N) is 1. The molecule has 0 radical (unpaired) electrons. The quantitative estimate of drug-likeness (QED) is 0.755. The van der Waals surface area contributed by atoms with Crippen molar-refractivity contribution in [2.75, 3.05) is 11.4 Å². The molecular weight excluding hydrogens is 255 g/mol. The average Bonchev–Trinajstić information content (AvgIpc) is 2.33. The zero-order chi connectivity index (χ0) is 14.2. The highest BCUT2D eigenvalue weighted by Gasteiger charge is 2.31.